The molecule has 94 valence electrons. The smallest absolute Gasteiger partial charge is 0.0541 e. The molecule has 0 unspecified atom stereocenters. The van der Waals surface area contributed by atoms with E-state index < -0.39 is 0 Å². The summed E-state index contributed by atoms with van der Waals surface area (Å²) in [5.74, 6) is 0. The van der Waals surface area contributed by atoms with Crippen LogP contribution in [0.1, 0.15) is 22.3 Å². The minimum Gasteiger partial charge on any atom is -0.0541 e. The van der Waals surface area contributed by atoms with Gasteiger partial charge >= 0.3 is 0 Å². The van der Waals surface area contributed by atoms with Crippen LogP contribution in [0.15, 0.2) is 46.2 Å². The molecular weight excluding hydrogens is 236 g/mol. The van der Waals surface area contributed by atoms with Crippen LogP contribution >= 0.6 is 0 Å². The van der Waals surface area contributed by atoms with E-state index in [1.807, 2.05) is 0 Å². The molecule has 0 bridgehead atoms. The maximum Gasteiger partial charge on any atom is 0.160 e. The zero-order valence-corrected chi connectivity index (χ0v) is 12.7. The highest BCUT2D eigenvalue weighted by Gasteiger charge is 2.19. The zero-order chi connectivity index (χ0) is 13.3. The lowest BCUT2D eigenvalue weighted by atomic mass is 10.1. The number of aryl methyl sites for hydroxylation is 4. The molecule has 0 heterocycles. The van der Waals surface area contributed by atoms with Crippen molar-refractivity contribution in [3.8, 4) is 0 Å². The topological polar surface area (TPSA) is 0 Å². The largest absolute Gasteiger partial charge is 0.160 e. The maximum absolute atomic E-state index is 2.33. The third kappa shape index (κ3) is 2.62. The van der Waals surface area contributed by atoms with Crippen molar-refractivity contribution >= 4 is 10.9 Å². The maximum atomic E-state index is 2.33. The third-order valence-corrected chi connectivity index (χ3v) is 5.59. The second-order valence-corrected chi connectivity index (χ2v) is 6.97. The summed E-state index contributed by atoms with van der Waals surface area (Å²) in [4.78, 5) is 2.86. The molecule has 0 aliphatic carbocycles. The van der Waals surface area contributed by atoms with Crippen LogP contribution in [0.4, 0.5) is 0 Å². The van der Waals surface area contributed by atoms with Crippen molar-refractivity contribution in [2.75, 3.05) is 6.26 Å². The first-order chi connectivity index (χ1) is 8.49. The molecule has 0 nitrogen and oxygen atoms in total. The van der Waals surface area contributed by atoms with Crippen LogP contribution in [0, 0.1) is 27.7 Å². The summed E-state index contributed by atoms with van der Waals surface area (Å²) in [6, 6.07) is 13.6. The van der Waals surface area contributed by atoms with Crippen LogP contribution in [0.5, 0.6) is 0 Å². The Kier molecular flexibility index (Phi) is 3.82. The Morgan fingerprint density at radius 2 is 1.00 bits per heavy atom. The fourth-order valence-electron chi connectivity index (χ4n) is 1.94. The number of benzene rings is 2. The zero-order valence-electron chi connectivity index (χ0n) is 11.9. The van der Waals surface area contributed by atoms with Crippen LogP contribution in [-0.2, 0) is 10.9 Å². The van der Waals surface area contributed by atoms with Gasteiger partial charge in [-0.15, -0.1) is 0 Å². The van der Waals surface area contributed by atoms with E-state index in [-0.39, 0.29) is 10.9 Å². The van der Waals surface area contributed by atoms with Crippen LogP contribution in [0.3, 0.4) is 0 Å². The Labute approximate surface area is 113 Å². The molecule has 2 rings (SSSR count). The molecule has 2 aromatic rings. The first-order valence-corrected chi connectivity index (χ1v) is 7.93. The minimum absolute atomic E-state index is 0.166. The van der Waals surface area contributed by atoms with Crippen molar-refractivity contribution in [3.05, 3.63) is 58.7 Å². The fraction of sp³-hybridized carbons (Fsp3) is 0.294. The van der Waals surface area contributed by atoms with Gasteiger partial charge in [-0.1, -0.05) is 12.1 Å². The van der Waals surface area contributed by atoms with Crippen LogP contribution in [-0.4, -0.2) is 6.26 Å². The Hall–Kier alpha value is -1.21. The fourth-order valence-corrected chi connectivity index (χ4v) is 3.47. The molecule has 0 saturated heterocycles. The van der Waals surface area contributed by atoms with Gasteiger partial charge < -0.3 is 0 Å². The summed E-state index contributed by atoms with van der Waals surface area (Å²) in [6.07, 6.45) is 2.31. The second kappa shape index (κ2) is 5.19. The van der Waals surface area contributed by atoms with Gasteiger partial charge in [-0.25, -0.2) is 0 Å². The van der Waals surface area contributed by atoms with Gasteiger partial charge in [-0.05, 0) is 74.2 Å². The number of hydrogen-bond acceptors (Lipinski definition) is 0. The average Bonchev–Trinajstić information content (AvgIpc) is 2.35. The van der Waals surface area contributed by atoms with E-state index in [0.29, 0.717) is 0 Å². The van der Waals surface area contributed by atoms with Crippen molar-refractivity contribution in [3.63, 3.8) is 0 Å². The molecule has 0 radical (unpaired) electrons. The van der Waals surface area contributed by atoms with Crippen LogP contribution in [0.2, 0.25) is 0 Å². The molecule has 18 heavy (non-hydrogen) atoms. The summed E-state index contributed by atoms with van der Waals surface area (Å²) < 4.78 is 0. The minimum atomic E-state index is 0.166. The first kappa shape index (κ1) is 13.2. The summed E-state index contributed by atoms with van der Waals surface area (Å²) in [7, 11) is 0.166. The molecule has 0 aromatic heterocycles. The normalized spacial score (nSPS) is 11.0. The molecule has 0 aliphatic heterocycles. The van der Waals surface area contributed by atoms with E-state index in [2.05, 4.69) is 70.3 Å². The molecule has 0 fully saturated rings. The van der Waals surface area contributed by atoms with E-state index in [1.165, 1.54) is 32.0 Å². The molecule has 0 amide bonds. The van der Waals surface area contributed by atoms with E-state index in [1.54, 1.807) is 0 Å². The Morgan fingerprint density at radius 1 is 0.611 bits per heavy atom. The molecule has 0 N–H and O–H groups in total. The SMILES string of the molecule is Cc1ccc([S+](C)c2ccc(C)c(C)c2)cc1C. The molecule has 0 aliphatic rings. The van der Waals surface area contributed by atoms with Crippen LogP contribution in [0.25, 0.3) is 0 Å². The van der Waals surface area contributed by atoms with Crippen molar-refractivity contribution in [2.24, 2.45) is 0 Å². The predicted molar refractivity (Wildman–Crippen MR) is 81.7 cm³/mol. The van der Waals surface area contributed by atoms with Gasteiger partial charge in [-0.2, -0.15) is 0 Å². The Morgan fingerprint density at radius 3 is 1.33 bits per heavy atom. The van der Waals surface area contributed by atoms with E-state index in [0.717, 1.165) is 0 Å². The van der Waals surface area contributed by atoms with Crippen molar-refractivity contribution < 1.29 is 0 Å². The van der Waals surface area contributed by atoms with Gasteiger partial charge in [-0.3, -0.25) is 0 Å². The van der Waals surface area contributed by atoms with Gasteiger partial charge in [0.1, 0.15) is 6.26 Å². The molecular formula is C17H21S+. The van der Waals surface area contributed by atoms with Gasteiger partial charge in [0.2, 0.25) is 0 Å². The van der Waals surface area contributed by atoms with Crippen LogP contribution < -0.4 is 0 Å². The van der Waals surface area contributed by atoms with Gasteiger partial charge in [0.05, 0.1) is 10.9 Å². The average molecular weight is 257 g/mol. The van der Waals surface area contributed by atoms with E-state index in [9.17, 15) is 0 Å². The Balaban J connectivity index is 2.37. The van der Waals surface area contributed by atoms with E-state index >= 15 is 0 Å². The highest BCUT2D eigenvalue weighted by molar-refractivity contribution is 7.96. The Bertz CT molecular complexity index is 518. The highest BCUT2D eigenvalue weighted by Crippen LogP contribution is 2.24. The van der Waals surface area contributed by atoms with Crippen molar-refractivity contribution in [1.82, 2.24) is 0 Å². The molecule has 0 spiro atoms. The number of hydrogen-bond donors (Lipinski definition) is 0. The van der Waals surface area contributed by atoms with Gasteiger partial charge in [0.25, 0.3) is 0 Å². The monoisotopic (exact) mass is 257 g/mol. The standard InChI is InChI=1S/C17H21S/c1-12-6-8-16(10-14(12)3)18(5)17-9-7-13(2)15(4)11-17/h6-11H,1-5H3/q+1. The highest BCUT2D eigenvalue weighted by atomic mass is 32.2. The van der Waals surface area contributed by atoms with Crippen molar-refractivity contribution in [1.29, 1.82) is 0 Å². The molecule has 0 saturated carbocycles. The molecule has 1 heteroatoms. The quantitative estimate of drug-likeness (QED) is 0.690. The van der Waals surface area contributed by atoms with Gasteiger partial charge in [0, 0.05) is 0 Å². The number of rotatable bonds is 2. The van der Waals surface area contributed by atoms with Gasteiger partial charge in [0.15, 0.2) is 9.79 Å². The summed E-state index contributed by atoms with van der Waals surface area (Å²) >= 11 is 0. The third-order valence-electron chi connectivity index (χ3n) is 3.66. The lowest BCUT2D eigenvalue weighted by Crippen LogP contribution is -2.02. The van der Waals surface area contributed by atoms with Crippen molar-refractivity contribution in [2.45, 2.75) is 37.5 Å². The predicted octanol–water partition coefficient (Wildman–Crippen LogP) is 4.59. The lowest BCUT2D eigenvalue weighted by molar-refractivity contribution is 1.24. The summed E-state index contributed by atoms with van der Waals surface area (Å²) in [5, 5.41) is 0. The lowest BCUT2D eigenvalue weighted by Gasteiger charge is -2.07. The molecule has 2 aromatic carbocycles. The summed E-state index contributed by atoms with van der Waals surface area (Å²) in [5.41, 5.74) is 5.51. The molecule has 0 atom stereocenters. The first-order valence-electron chi connectivity index (χ1n) is 6.29. The van der Waals surface area contributed by atoms with E-state index in [4.69, 9.17) is 0 Å². The summed E-state index contributed by atoms with van der Waals surface area (Å²) in [6.45, 7) is 8.72. The second-order valence-electron chi connectivity index (χ2n) is 5.00.